The molecule has 16 heavy (non-hydrogen) atoms. The van der Waals surface area contributed by atoms with Gasteiger partial charge in [-0.3, -0.25) is 4.55 Å². The van der Waals surface area contributed by atoms with Crippen molar-refractivity contribution in [2.45, 2.75) is 4.90 Å². The van der Waals surface area contributed by atoms with Crippen LogP contribution >= 0.6 is 0 Å². The van der Waals surface area contributed by atoms with E-state index in [-0.39, 0.29) is 16.3 Å². The molecular weight excluding hydrogens is 230 g/mol. The van der Waals surface area contributed by atoms with E-state index in [1.54, 1.807) is 0 Å². The molecule has 1 aromatic carbocycles. The molecule has 6 nitrogen and oxygen atoms in total. The zero-order valence-electron chi connectivity index (χ0n) is 9.51. The quantitative estimate of drug-likeness (QED) is 0.485. The maximum absolute atomic E-state index is 10.6. The Morgan fingerprint density at radius 2 is 1.62 bits per heavy atom. The molecule has 0 spiro atoms. The lowest BCUT2D eigenvalue weighted by atomic mass is 10.3. The highest BCUT2D eigenvalue weighted by atomic mass is 32.2. The molecule has 0 aliphatic heterocycles. The molecule has 0 saturated carbocycles. The van der Waals surface area contributed by atoms with Gasteiger partial charge in [0.15, 0.2) is 0 Å². The minimum atomic E-state index is -4.26. The van der Waals surface area contributed by atoms with Gasteiger partial charge in [-0.1, -0.05) is 0 Å². The smallest absolute Gasteiger partial charge is 0.296 e. The van der Waals surface area contributed by atoms with E-state index in [2.05, 4.69) is 0 Å². The molecule has 0 radical (unpaired) electrons. The molecule has 0 aliphatic carbocycles. The van der Waals surface area contributed by atoms with Gasteiger partial charge in [0.25, 0.3) is 10.1 Å². The van der Waals surface area contributed by atoms with Crippen LogP contribution in [-0.4, -0.2) is 39.0 Å². The maximum Gasteiger partial charge on any atom is 0.296 e. The predicted octanol–water partition coefficient (Wildman–Crippen LogP) is 0.276. The van der Waals surface area contributed by atoms with E-state index in [0.29, 0.717) is 0 Å². The summed E-state index contributed by atoms with van der Waals surface area (Å²) >= 11 is 0. The summed E-state index contributed by atoms with van der Waals surface area (Å²) in [6, 6.07) is 3.87. The molecule has 0 amide bonds. The van der Waals surface area contributed by atoms with E-state index in [4.69, 9.17) is 16.0 Å². The van der Waals surface area contributed by atoms with Crippen molar-refractivity contribution in [2.24, 2.45) is 0 Å². The van der Waals surface area contributed by atoms with E-state index < -0.39 is 10.1 Å². The predicted molar refractivity (Wildman–Crippen MR) is 64.7 cm³/mol. The van der Waals surface area contributed by atoms with Crippen LogP contribution in [0.15, 0.2) is 23.1 Å². The molecule has 0 fully saturated rings. The van der Waals surface area contributed by atoms with E-state index in [0.717, 1.165) is 6.07 Å². The summed E-state index contributed by atoms with van der Waals surface area (Å²) in [6.45, 7) is 0. The first-order valence-corrected chi connectivity index (χ1v) is 5.82. The van der Waals surface area contributed by atoms with Gasteiger partial charge in [-0.15, -0.1) is 0 Å². The second-order valence-electron chi connectivity index (χ2n) is 3.61. The summed E-state index contributed by atoms with van der Waals surface area (Å²) < 4.78 is 29.9. The van der Waals surface area contributed by atoms with Gasteiger partial charge in [-0.25, -0.2) is 0 Å². The van der Waals surface area contributed by atoms with E-state index in [9.17, 15) is 8.42 Å². The number of benzene rings is 1. The Morgan fingerprint density at radius 1 is 1.19 bits per heavy atom. The zero-order chi connectivity index (χ0) is 12.9. The Labute approximate surface area is 95.6 Å². The van der Waals surface area contributed by atoms with Crippen LogP contribution in [0, 0.1) is 0 Å². The maximum atomic E-state index is 10.6. The molecule has 0 atom stereocenters. The molecule has 1 aromatic rings. The van der Waals surface area contributed by atoms with Crippen LogP contribution in [0.3, 0.4) is 0 Å². The average Bonchev–Trinajstić information content (AvgIpc) is 2.06. The Kier molecular flexibility index (Phi) is 5.22. The highest BCUT2D eigenvalue weighted by Gasteiger charge is 2.13. The van der Waals surface area contributed by atoms with Crippen LogP contribution < -0.4 is 11.5 Å². The SMILES string of the molecule is CN(C)C.Nc1ccc(N)c(S(=O)(=O)O)c1. The molecule has 0 saturated heterocycles. The molecular formula is C9H17N3O3S. The second-order valence-corrected chi connectivity index (χ2v) is 5.00. The molecule has 0 aliphatic rings. The van der Waals surface area contributed by atoms with Crippen molar-refractivity contribution in [3.05, 3.63) is 18.2 Å². The standard InChI is InChI=1S/C6H8N2O3S.C3H9N/c7-4-1-2-5(8)6(3-4)12(9,10)11;1-4(2)3/h1-3H,7-8H2,(H,9,10,11);1-3H3. The van der Waals surface area contributed by atoms with Crippen LogP contribution in [0.1, 0.15) is 0 Å². The first-order chi connectivity index (χ1) is 7.14. The Bertz CT molecular complexity index is 441. The van der Waals surface area contributed by atoms with Gasteiger partial charge in [-0.05, 0) is 39.3 Å². The van der Waals surface area contributed by atoms with E-state index >= 15 is 0 Å². The van der Waals surface area contributed by atoms with Crippen LogP contribution in [0.5, 0.6) is 0 Å². The lowest BCUT2D eigenvalue weighted by Gasteiger charge is -2.02. The first-order valence-electron chi connectivity index (χ1n) is 4.38. The van der Waals surface area contributed by atoms with Crippen molar-refractivity contribution in [1.82, 2.24) is 4.90 Å². The van der Waals surface area contributed by atoms with Crippen molar-refractivity contribution >= 4 is 21.5 Å². The van der Waals surface area contributed by atoms with Crippen LogP contribution in [0.25, 0.3) is 0 Å². The van der Waals surface area contributed by atoms with Crippen LogP contribution in [-0.2, 0) is 10.1 Å². The third-order valence-corrected chi connectivity index (χ3v) is 2.22. The number of nitrogen functional groups attached to an aromatic ring is 2. The van der Waals surface area contributed by atoms with Crippen LogP contribution in [0.2, 0.25) is 0 Å². The number of nitrogens with two attached hydrogens (primary N) is 2. The summed E-state index contributed by atoms with van der Waals surface area (Å²) in [5.41, 5.74) is 10.8. The zero-order valence-corrected chi connectivity index (χ0v) is 10.3. The van der Waals surface area contributed by atoms with E-state index in [1.807, 2.05) is 26.0 Å². The monoisotopic (exact) mass is 247 g/mol. The fourth-order valence-electron chi connectivity index (χ4n) is 0.774. The first kappa shape index (κ1) is 14.7. The molecule has 0 aromatic heterocycles. The number of anilines is 2. The summed E-state index contributed by atoms with van der Waals surface area (Å²) in [7, 11) is 1.74. The lowest BCUT2D eigenvalue weighted by Crippen LogP contribution is -2.03. The number of nitrogens with zero attached hydrogens (tertiary/aromatic N) is 1. The average molecular weight is 247 g/mol. The molecule has 1 rings (SSSR count). The van der Waals surface area contributed by atoms with Gasteiger partial charge in [0.1, 0.15) is 4.90 Å². The molecule has 7 heteroatoms. The lowest BCUT2D eigenvalue weighted by molar-refractivity contribution is 0.483. The summed E-state index contributed by atoms with van der Waals surface area (Å²) in [5.74, 6) is 0. The fraction of sp³-hybridized carbons (Fsp3) is 0.333. The molecule has 92 valence electrons. The number of rotatable bonds is 1. The molecule has 5 N–H and O–H groups in total. The van der Waals surface area contributed by atoms with Crippen LogP contribution in [0.4, 0.5) is 11.4 Å². The van der Waals surface area contributed by atoms with Gasteiger partial charge in [0, 0.05) is 5.69 Å². The van der Waals surface area contributed by atoms with Crippen molar-refractivity contribution in [2.75, 3.05) is 32.6 Å². The van der Waals surface area contributed by atoms with Gasteiger partial charge >= 0.3 is 0 Å². The fourth-order valence-corrected chi connectivity index (χ4v) is 1.43. The third kappa shape index (κ3) is 5.54. The summed E-state index contributed by atoms with van der Waals surface area (Å²) in [4.78, 5) is 1.64. The van der Waals surface area contributed by atoms with Crippen molar-refractivity contribution in [3.8, 4) is 0 Å². The topological polar surface area (TPSA) is 110 Å². The van der Waals surface area contributed by atoms with Gasteiger partial charge in [0.05, 0.1) is 5.69 Å². The molecule has 0 unspecified atom stereocenters. The van der Waals surface area contributed by atoms with Crippen molar-refractivity contribution < 1.29 is 13.0 Å². The highest BCUT2D eigenvalue weighted by molar-refractivity contribution is 7.86. The van der Waals surface area contributed by atoms with Gasteiger partial charge in [0.2, 0.25) is 0 Å². The highest BCUT2D eigenvalue weighted by Crippen LogP contribution is 2.20. The number of hydrogen-bond donors (Lipinski definition) is 3. The van der Waals surface area contributed by atoms with Crippen molar-refractivity contribution in [1.29, 1.82) is 0 Å². The minimum Gasteiger partial charge on any atom is -0.399 e. The molecule has 0 heterocycles. The number of hydrogen-bond acceptors (Lipinski definition) is 5. The largest absolute Gasteiger partial charge is 0.399 e. The Hall–Kier alpha value is -1.31. The van der Waals surface area contributed by atoms with E-state index in [1.165, 1.54) is 12.1 Å². The Morgan fingerprint density at radius 3 is 1.94 bits per heavy atom. The molecule has 0 bridgehead atoms. The Balaban J connectivity index is 0.000000487. The summed E-state index contributed by atoms with van der Waals surface area (Å²) in [6.07, 6.45) is 0. The second kappa shape index (κ2) is 5.69. The minimum absolute atomic E-state index is 0.0216. The van der Waals surface area contributed by atoms with Crippen molar-refractivity contribution in [3.63, 3.8) is 0 Å². The summed E-state index contributed by atoms with van der Waals surface area (Å²) in [5, 5.41) is 0. The van der Waals surface area contributed by atoms with Gasteiger partial charge in [-0.2, -0.15) is 8.42 Å². The normalized spacial score (nSPS) is 10.8. The van der Waals surface area contributed by atoms with Gasteiger partial charge < -0.3 is 16.4 Å². The third-order valence-electron chi connectivity index (χ3n) is 1.32.